The van der Waals surface area contributed by atoms with Crippen LogP contribution in [-0.4, -0.2) is 38.1 Å². The van der Waals surface area contributed by atoms with E-state index in [4.69, 9.17) is 9.72 Å². The molecule has 0 aliphatic rings. The predicted molar refractivity (Wildman–Crippen MR) is 139 cm³/mol. The molecular weight excluding hydrogens is 462 g/mol. The summed E-state index contributed by atoms with van der Waals surface area (Å²) in [4.78, 5) is 31.1. The van der Waals surface area contributed by atoms with Crippen LogP contribution in [0.2, 0.25) is 0 Å². The van der Waals surface area contributed by atoms with Crippen LogP contribution in [0, 0.1) is 6.92 Å². The lowest BCUT2D eigenvalue weighted by molar-refractivity contribution is -0.113. The molecule has 2 heterocycles. The van der Waals surface area contributed by atoms with Crippen molar-refractivity contribution in [3.05, 3.63) is 75.7 Å². The minimum absolute atomic E-state index is 0.118. The largest absolute Gasteiger partial charge is 0.497 e. The Bertz CT molecular complexity index is 1430. The quantitative estimate of drug-likeness (QED) is 0.278. The zero-order valence-electron chi connectivity index (χ0n) is 20.4. The molecule has 9 heteroatoms. The van der Waals surface area contributed by atoms with Crippen LogP contribution < -0.4 is 15.6 Å². The van der Waals surface area contributed by atoms with Crippen molar-refractivity contribution in [2.24, 2.45) is 0 Å². The summed E-state index contributed by atoms with van der Waals surface area (Å²) in [5.41, 5.74) is 4.35. The molecule has 0 fully saturated rings. The molecule has 35 heavy (non-hydrogen) atoms. The van der Waals surface area contributed by atoms with Gasteiger partial charge in [0.1, 0.15) is 11.3 Å². The van der Waals surface area contributed by atoms with Gasteiger partial charge in [-0.3, -0.25) is 18.8 Å². The number of anilines is 1. The van der Waals surface area contributed by atoms with Crippen LogP contribution in [0.25, 0.3) is 11.0 Å². The van der Waals surface area contributed by atoms with Gasteiger partial charge >= 0.3 is 0 Å². The van der Waals surface area contributed by atoms with Crippen LogP contribution in [-0.2, 0) is 24.3 Å². The number of amides is 1. The van der Waals surface area contributed by atoms with Crippen molar-refractivity contribution in [1.82, 2.24) is 19.3 Å². The second kappa shape index (κ2) is 10.8. The summed E-state index contributed by atoms with van der Waals surface area (Å²) in [5, 5.41) is 7.90. The van der Waals surface area contributed by atoms with Gasteiger partial charge in [-0.05, 0) is 55.7 Å². The molecule has 1 N–H and O–H groups in total. The van der Waals surface area contributed by atoms with E-state index in [-0.39, 0.29) is 17.2 Å². The minimum Gasteiger partial charge on any atom is -0.497 e. The minimum atomic E-state index is -0.182. The van der Waals surface area contributed by atoms with Gasteiger partial charge in [0.2, 0.25) is 5.91 Å². The van der Waals surface area contributed by atoms with Crippen molar-refractivity contribution < 1.29 is 9.53 Å². The highest BCUT2D eigenvalue weighted by Gasteiger charge is 2.19. The number of methoxy groups -OCH3 is 1. The molecule has 4 rings (SSSR count). The normalized spacial score (nSPS) is 11.1. The monoisotopic (exact) mass is 491 g/mol. The average molecular weight is 492 g/mol. The first-order chi connectivity index (χ1) is 16.9. The summed E-state index contributed by atoms with van der Waals surface area (Å²) in [5.74, 6) is 0.668. The van der Waals surface area contributed by atoms with Gasteiger partial charge in [0.15, 0.2) is 10.7 Å². The van der Waals surface area contributed by atoms with Crippen LogP contribution >= 0.6 is 11.8 Å². The second-order valence-electron chi connectivity index (χ2n) is 8.13. The number of aromatic nitrogens is 4. The number of nitrogens with zero attached hydrogens (tertiary/aromatic N) is 4. The lowest BCUT2D eigenvalue weighted by Gasteiger charge is -2.13. The van der Waals surface area contributed by atoms with Gasteiger partial charge < -0.3 is 10.1 Å². The molecule has 2 aromatic carbocycles. The van der Waals surface area contributed by atoms with Crippen molar-refractivity contribution in [2.45, 2.75) is 45.4 Å². The zero-order chi connectivity index (χ0) is 24.9. The maximum Gasteiger partial charge on any atom is 0.280 e. The number of aryl methyl sites for hydroxylation is 3. The van der Waals surface area contributed by atoms with E-state index in [1.807, 2.05) is 62.4 Å². The Kier molecular flexibility index (Phi) is 7.55. The summed E-state index contributed by atoms with van der Waals surface area (Å²) < 4.78 is 8.64. The first-order valence-corrected chi connectivity index (χ1v) is 12.5. The molecule has 0 bridgehead atoms. The van der Waals surface area contributed by atoms with Gasteiger partial charge in [0.05, 0.1) is 25.1 Å². The van der Waals surface area contributed by atoms with E-state index in [1.54, 1.807) is 16.4 Å². The lowest BCUT2D eigenvalue weighted by atomic mass is 10.1. The molecule has 8 nitrogen and oxygen atoms in total. The molecular formula is C26H29N5O3S. The van der Waals surface area contributed by atoms with Crippen molar-refractivity contribution in [2.75, 3.05) is 18.2 Å². The fourth-order valence-electron chi connectivity index (χ4n) is 3.92. The van der Waals surface area contributed by atoms with E-state index in [1.165, 1.54) is 11.8 Å². The van der Waals surface area contributed by atoms with Gasteiger partial charge in [0.25, 0.3) is 5.56 Å². The lowest BCUT2D eigenvalue weighted by Crippen LogP contribution is -2.26. The van der Waals surface area contributed by atoms with E-state index in [0.717, 1.165) is 23.2 Å². The molecule has 0 radical (unpaired) electrons. The third-order valence-electron chi connectivity index (χ3n) is 5.71. The second-order valence-corrected chi connectivity index (χ2v) is 9.07. The number of hydrogen-bond acceptors (Lipinski definition) is 6. The van der Waals surface area contributed by atoms with Crippen LogP contribution in [0.15, 0.2) is 58.5 Å². The Morgan fingerprint density at radius 1 is 1.11 bits per heavy atom. The molecule has 1 amide bonds. The number of carbonyl (C=O) groups excluding carboxylic acids is 1. The van der Waals surface area contributed by atoms with Gasteiger partial charge in [-0.25, -0.2) is 4.98 Å². The number of rotatable bonds is 9. The molecule has 2 aromatic heterocycles. The topological polar surface area (TPSA) is 91.0 Å². The first kappa shape index (κ1) is 24.5. The summed E-state index contributed by atoms with van der Waals surface area (Å²) in [7, 11) is 1.61. The Morgan fingerprint density at radius 2 is 1.89 bits per heavy atom. The third-order valence-corrected chi connectivity index (χ3v) is 6.68. The Hall–Kier alpha value is -3.59. The van der Waals surface area contributed by atoms with Gasteiger partial charge in [0, 0.05) is 12.2 Å². The maximum atomic E-state index is 13.6. The van der Waals surface area contributed by atoms with Gasteiger partial charge in [-0.1, -0.05) is 43.0 Å². The average Bonchev–Trinajstić information content (AvgIpc) is 3.20. The Labute approximate surface area is 208 Å². The van der Waals surface area contributed by atoms with Crippen LogP contribution in [0.1, 0.15) is 30.7 Å². The zero-order valence-corrected chi connectivity index (χ0v) is 21.2. The molecule has 182 valence electrons. The highest BCUT2D eigenvalue weighted by atomic mass is 32.2. The van der Waals surface area contributed by atoms with Crippen molar-refractivity contribution >= 4 is 34.4 Å². The van der Waals surface area contributed by atoms with Crippen molar-refractivity contribution in [3.8, 4) is 5.75 Å². The van der Waals surface area contributed by atoms with Crippen LogP contribution in [0.4, 0.5) is 5.69 Å². The smallest absolute Gasteiger partial charge is 0.280 e. The van der Waals surface area contributed by atoms with Gasteiger partial charge in [-0.2, -0.15) is 5.10 Å². The van der Waals surface area contributed by atoms with E-state index >= 15 is 0 Å². The fourth-order valence-corrected chi connectivity index (χ4v) is 4.71. The number of benzene rings is 2. The highest BCUT2D eigenvalue weighted by Crippen LogP contribution is 2.22. The van der Waals surface area contributed by atoms with E-state index in [0.29, 0.717) is 40.7 Å². The summed E-state index contributed by atoms with van der Waals surface area (Å²) in [6.45, 7) is 6.72. The first-order valence-electron chi connectivity index (χ1n) is 11.6. The molecule has 0 atom stereocenters. The van der Waals surface area contributed by atoms with Crippen LogP contribution in [0.5, 0.6) is 5.75 Å². The SMILES string of the molecule is CCc1cccc(NC(=O)CSc2nc3c(C)nn(CC)c3c(=O)n2Cc2cccc(OC)c2)c1. The Morgan fingerprint density at radius 3 is 2.63 bits per heavy atom. The molecule has 0 spiro atoms. The summed E-state index contributed by atoms with van der Waals surface area (Å²) in [6, 6.07) is 15.4. The van der Waals surface area contributed by atoms with Crippen molar-refractivity contribution in [1.29, 1.82) is 0 Å². The maximum absolute atomic E-state index is 13.6. The highest BCUT2D eigenvalue weighted by molar-refractivity contribution is 7.99. The number of carbonyl (C=O) groups is 1. The van der Waals surface area contributed by atoms with Crippen LogP contribution in [0.3, 0.4) is 0 Å². The Balaban J connectivity index is 1.66. The standard InChI is InChI=1S/C26H29N5O3S/c1-5-18-9-7-11-20(13-18)27-22(32)16-35-26-28-23-17(3)29-31(6-2)24(23)25(33)30(26)15-19-10-8-12-21(14-19)34-4/h7-14H,5-6,15-16H2,1-4H3,(H,27,32). The predicted octanol–water partition coefficient (Wildman–Crippen LogP) is 4.27. The third kappa shape index (κ3) is 5.40. The fraction of sp³-hybridized carbons (Fsp3) is 0.308. The number of ether oxygens (including phenoxy) is 1. The van der Waals surface area contributed by atoms with E-state index in [9.17, 15) is 9.59 Å². The molecule has 4 aromatic rings. The van der Waals surface area contributed by atoms with E-state index in [2.05, 4.69) is 17.3 Å². The molecule has 0 aliphatic carbocycles. The van der Waals surface area contributed by atoms with E-state index < -0.39 is 0 Å². The molecule has 0 unspecified atom stereocenters. The molecule has 0 saturated heterocycles. The summed E-state index contributed by atoms with van der Waals surface area (Å²) >= 11 is 1.24. The number of hydrogen-bond donors (Lipinski definition) is 1. The number of fused-ring (bicyclic) bond motifs is 1. The molecule has 0 saturated carbocycles. The number of nitrogens with one attached hydrogen (secondary N) is 1. The summed E-state index contributed by atoms with van der Waals surface area (Å²) in [6.07, 6.45) is 0.893. The van der Waals surface area contributed by atoms with Gasteiger partial charge in [-0.15, -0.1) is 0 Å². The molecule has 0 aliphatic heterocycles. The van der Waals surface area contributed by atoms with Crippen molar-refractivity contribution in [3.63, 3.8) is 0 Å². The number of thioether (sulfide) groups is 1.